The smallest absolute Gasteiger partial charge is 0.326 e. The molecule has 0 unspecified atom stereocenters. The van der Waals surface area contributed by atoms with E-state index < -0.39 is 22.5 Å². The number of fused-ring (bicyclic) bond motifs is 1. The number of benzene rings is 2. The van der Waals surface area contributed by atoms with E-state index in [0.29, 0.717) is 23.4 Å². The van der Waals surface area contributed by atoms with Crippen molar-refractivity contribution in [1.82, 2.24) is 19.5 Å². The van der Waals surface area contributed by atoms with Gasteiger partial charge in [-0.3, -0.25) is 13.7 Å². The van der Waals surface area contributed by atoms with Gasteiger partial charge >= 0.3 is 5.97 Å². The standard InChI is InChI=1S/C23H21Cl2N5O4S/c1-2-3-9-34-22(31)14-30(35(32,33)19-11-16(24)10-17(25)12-19)18-5-6-21-20(13-18)28-15-29(21)23-26-7-4-8-27-23/h4-8,10-13,15H,2-3,9,14H2,1H3. The first kappa shape index (κ1) is 24.9. The topological polar surface area (TPSA) is 107 Å². The molecule has 2 heterocycles. The van der Waals surface area contributed by atoms with E-state index in [4.69, 9.17) is 27.9 Å². The van der Waals surface area contributed by atoms with Crippen LogP contribution in [0.3, 0.4) is 0 Å². The highest BCUT2D eigenvalue weighted by Gasteiger charge is 2.29. The van der Waals surface area contributed by atoms with Gasteiger partial charge in [0.2, 0.25) is 5.95 Å². The largest absolute Gasteiger partial charge is 0.464 e. The first-order chi connectivity index (χ1) is 16.8. The van der Waals surface area contributed by atoms with Crippen LogP contribution in [0.4, 0.5) is 5.69 Å². The number of carbonyl (C=O) groups is 1. The van der Waals surface area contributed by atoms with E-state index in [1.165, 1.54) is 18.2 Å². The summed E-state index contributed by atoms with van der Waals surface area (Å²) >= 11 is 12.1. The normalized spacial score (nSPS) is 11.5. The third-order valence-corrected chi connectivity index (χ3v) is 7.23. The van der Waals surface area contributed by atoms with Crippen molar-refractivity contribution in [1.29, 1.82) is 0 Å². The molecule has 12 heteroatoms. The summed E-state index contributed by atoms with van der Waals surface area (Å²) in [6.45, 7) is 1.62. The minimum Gasteiger partial charge on any atom is -0.464 e. The van der Waals surface area contributed by atoms with Crippen LogP contribution >= 0.6 is 23.2 Å². The molecule has 0 bridgehead atoms. The van der Waals surface area contributed by atoms with E-state index in [2.05, 4.69) is 15.0 Å². The Balaban J connectivity index is 1.76. The van der Waals surface area contributed by atoms with Crippen LogP contribution in [-0.4, -0.2) is 47.1 Å². The summed E-state index contributed by atoms with van der Waals surface area (Å²) in [5.74, 6) is -0.265. The van der Waals surface area contributed by atoms with Crippen LogP contribution < -0.4 is 4.31 Å². The van der Waals surface area contributed by atoms with Gasteiger partial charge in [0.15, 0.2) is 0 Å². The van der Waals surface area contributed by atoms with Crippen LogP contribution in [-0.2, 0) is 19.6 Å². The highest BCUT2D eigenvalue weighted by atomic mass is 35.5. The summed E-state index contributed by atoms with van der Waals surface area (Å²) < 4.78 is 35.1. The molecule has 2 aromatic carbocycles. The Bertz CT molecular complexity index is 1440. The quantitative estimate of drug-likeness (QED) is 0.227. The number of aromatic nitrogens is 4. The molecule has 0 aliphatic carbocycles. The number of imidazole rings is 1. The maximum absolute atomic E-state index is 13.6. The Kier molecular flexibility index (Phi) is 7.54. The fourth-order valence-electron chi connectivity index (χ4n) is 3.34. The third-order valence-electron chi connectivity index (χ3n) is 5.04. The summed E-state index contributed by atoms with van der Waals surface area (Å²) in [5, 5.41) is 0.303. The molecule has 0 fully saturated rings. The highest BCUT2D eigenvalue weighted by Crippen LogP contribution is 2.30. The van der Waals surface area contributed by atoms with Crippen LogP contribution in [0.2, 0.25) is 10.0 Å². The van der Waals surface area contributed by atoms with E-state index in [9.17, 15) is 13.2 Å². The van der Waals surface area contributed by atoms with Gasteiger partial charge in [-0.15, -0.1) is 0 Å². The number of carbonyl (C=O) groups excluding carboxylic acids is 1. The molecule has 0 saturated carbocycles. The lowest BCUT2D eigenvalue weighted by Gasteiger charge is -2.24. The number of sulfonamides is 1. The number of hydrogen-bond donors (Lipinski definition) is 0. The first-order valence-corrected chi connectivity index (χ1v) is 12.9. The predicted molar refractivity (Wildman–Crippen MR) is 134 cm³/mol. The van der Waals surface area contributed by atoms with Crippen LogP contribution in [0.15, 0.2) is 66.1 Å². The number of halogens is 2. The van der Waals surface area contributed by atoms with Gasteiger partial charge in [0.1, 0.15) is 12.9 Å². The van der Waals surface area contributed by atoms with Gasteiger partial charge in [-0.2, -0.15) is 0 Å². The second-order valence-corrected chi connectivity index (χ2v) is 10.3. The predicted octanol–water partition coefficient (Wildman–Crippen LogP) is 4.66. The van der Waals surface area contributed by atoms with Crippen molar-refractivity contribution in [3.05, 3.63) is 71.2 Å². The van der Waals surface area contributed by atoms with Crippen LogP contribution in [0, 0.1) is 0 Å². The number of rotatable bonds is 9. The van der Waals surface area contributed by atoms with E-state index in [0.717, 1.165) is 10.7 Å². The van der Waals surface area contributed by atoms with Crippen molar-refractivity contribution < 1.29 is 17.9 Å². The number of anilines is 1. The molecule has 0 atom stereocenters. The molecular weight excluding hydrogens is 513 g/mol. The minimum absolute atomic E-state index is 0.151. The van der Waals surface area contributed by atoms with E-state index >= 15 is 0 Å². The lowest BCUT2D eigenvalue weighted by atomic mass is 10.2. The number of esters is 1. The maximum Gasteiger partial charge on any atom is 0.326 e. The van der Waals surface area contributed by atoms with Gasteiger partial charge in [0.25, 0.3) is 10.0 Å². The molecular formula is C23H21Cl2N5O4S. The summed E-state index contributed by atoms with van der Waals surface area (Å²) in [4.78, 5) is 25.2. The van der Waals surface area contributed by atoms with Gasteiger partial charge in [-0.1, -0.05) is 36.5 Å². The Morgan fingerprint density at radius 3 is 2.46 bits per heavy atom. The molecule has 0 N–H and O–H groups in total. The molecule has 4 rings (SSSR count). The van der Waals surface area contributed by atoms with Gasteiger partial charge < -0.3 is 4.74 Å². The number of hydrogen-bond acceptors (Lipinski definition) is 7. The van der Waals surface area contributed by atoms with Crippen molar-refractivity contribution in [2.75, 3.05) is 17.5 Å². The SMILES string of the molecule is CCCCOC(=O)CN(c1ccc2c(c1)ncn2-c1ncccn1)S(=O)(=O)c1cc(Cl)cc(Cl)c1. The fraction of sp³-hybridized carbons (Fsp3) is 0.217. The zero-order chi connectivity index (χ0) is 25.0. The van der Waals surface area contributed by atoms with Gasteiger partial charge in [-0.05, 0) is 48.9 Å². The van der Waals surface area contributed by atoms with Crippen molar-refractivity contribution in [2.45, 2.75) is 24.7 Å². The fourth-order valence-corrected chi connectivity index (χ4v) is 5.47. The Morgan fingerprint density at radius 1 is 1.06 bits per heavy atom. The Morgan fingerprint density at radius 2 is 1.77 bits per heavy atom. The molecule has 0 saturated heterocycles. The molecule has 35 heavy (non-hydrogen) atoms. The van der Waals surface area contributed by atoms with E-state index in [1.54, 1.807) is 47.6 Å². The van der Waals surface area contributed by atoms with Crippen molar-refractivity contribution >= 4 is 55.9 Å². The van der Waals surface area contributed by atoms with Crippen LogP contribution in [0.1, 0.15) is 19.8 Å². The monoisotopic (exact) mass is 533 g/mol. The average molecular weight is 534 g/mol. The van der Waals surface area contributed by atoms with Crippen molar-refractivity contribution in [3.8, 4) is 5.95 Å². The molecule has 9 nitrogen and oxygen atoms in total. The zero-order valence-corrected chi connectivity index (χ0v) is 21.0. The highest BCUT2D eigenvalue weighted by molar-refractivity contribution is 7.92. The van der Waals surface area contributed by atoms with Crippen molar-refractivity contribution in [2.24, 2.45) is 0 Å². The molecule has 0 aliphatic rings. The second kappa shape index (κ2) is 10.6. The Hall–Kier alpha value is -3.21. The number of unbranched alkanes of at least 4 members (excludes halogenated alkanes) is 1. The number of nitrogens with zero attached hydrogens (tertiary/aromatic N) is 5. The zero-order valence-electron chi connectivity index (χ0n) is 18.6. The lowest BCUT2D eigenvalue weighted by Crippen LogP contribution is -2.36. The number of ether oxygens (including phenoxy) is 1. The second-order valence-electron chi connectivity index (χ2n) is 7.53. The molecule has 2 aromatic heterocycles. The third kappa shape index (κ3) is 5.55. The van der Waals surface area contributed by atoms with Crippen LogP contribution in [0.25, 0.3) is 17.0 Å². The van der Waals surface area contributed by atoms with E-state index in [1.807, 2.05) is 6.92 Å². The van der Waals surface area contributed by atoms with Crippen LogP contribution in [0.5, 0.6) is 0 Å². The molecule has 0 aliphatic heterocycles. The molecule has 0 amide bonds. The summed E-state index contributed by atoms with van der Waals surface area (Å²) in [7, 11) is -4.23. The van der Waals surface area contributed by atoms with Gasteiger partial charge in [-0.25, -0.2) is 23.4 Å². The Labute approximate surface area is 212 Å². The van der Waals surface area contributed by atoms with Gasteiger partial charge in [0.05, 0.1) is 28.2 Å². The summed E-state index contributed by atoms with van der Waals surface area (Å²) in [6.07, 6.45) is 6.26. The summed E-state index contributed by atoms with van der Waals surface area (Å²) in [5.41, 5.74) is 1.37. The summed E-state index contributed by atoms with van der Waals surface area (Å²) in [6, 6.07) is 10.5. The molecule has 182 valence electrons. The molecule has 0 radical (unpaired) electrons. The van der Waals surface area contributed by atoms with Gasteiger partial charge in [0, 0.05) is 22.4 Å². The first-order valence-electron chi connectivity index (χ1n) is 10.7. The van der Waals surface area contributed by atoms with E-state index in [-0.39, 0.29) is 27.2 Å². The average Bonchev–Trinajstić information content (AvgIpc) is 3.26. The lowest BCUT2D eigenvalue weighted by molar-refractivity contribution is -0.141. The van der Waals surface area contributed by atoms with Crippen molar-refractivity contribution in [3.63, 3.8) is 0 Å². The minimum atomic E-state index is -4.23. The molecule has 0 spiro atoms. The molecule has 4 aromatic rings. The maximum atomic E-state index is 13.6.